The lowest BCUT2D eigenvalue weighted by Crippen LogP contribution is -2.54. The maximum absolute atomic E-state index is 12.7. The molecule has 0 radical (unpaired) electrons. The van der Waals surface area contributed by atoms with E-state index in [-0.39, 0.29) is 29.9 Å². The molecule has 1 atom stereocenters. The molecule has 2 aromatic rings. The van der Waals surface area contributed by atoms with Gasteiger partial charge in [-0.05, 0) is 49.1 Å². The van der Waals surface area contributed by atoms with E-state index < -0.39 is 0 Å². The number of aromatic nitrogens is 1. The summed E-state index contributed by atoms with van der Waals surface area (Å²) in [7, 11) is 0. The van der Waals surface area contributed by atoms with E-state index in [0.717, 1.165) is 37.3 Å². The quantitative estimate of drug-likeness (QED) is 0.634. The number of carbonyl (C=O) groups excluding carboxylic acids is 1. The Balaban J connectivity index is 1.70. The predicted octanol–water partition coefficient (Wildman–Crippen LogP) is 3.53. The first-order chi connectivity index (χ1) is 13.6. The highest BCUT2D eigenvalue weighted by molar-refractivity contribution is 9.09. The van der Waals surface area contributed by atoms with Gasteiger partial charge in [0.15, 0.2) is 0 Å². The van der Waals surface area contributed by atoms with Crippen LogP contribution in [-0.2, 0) is 11.2 Å². The lowest BCUT2D eigenvalue weighted by molar-refractivity contribution is -0.134. The predicted molar refractivity (Wildman–Crippen MR) is 116 cm³/mol. The number of aliphatic hydroxyl groups is 1. The van der Waals surface area contributed by atoms with Crippen molar-refractivity contribution in [2.24, 2.45) is 0 Å². The average molecular weight is 467 g/mol. The molecule has 150 valence electrons. The van der Waals surface area contributed by atoms with Crippen molar-refractivity contribution in [1.29, 1.82) is 0 Å². The van der Waals surface area contributed by atoms with Gasteiger partial charge in [0.1, 0.15) is 5.82 Å². The van der Waals surface area contributed by atoms with Crippen LogP contribution in [0, 0.1) is 0 Å². The van der Waals surface area contributed by atoms with Crippen molar-refractivity contribution in [3.05, 3.63) is 59.2 Å². The molecule has 1 unspecified atom stereocenters. The van der Waals surface area contributed by atoms with Gasteiger partial charge in [-0.25, -0.2) is 4.98 Å². The number of hydrogen-bond donors (Lipinski definition) is 1. The lowest BCUT2D eigenvalue weighted by atomic mass is 9.98. The SMILES string of the molecule is O=C(CBr)N(C1CCN(c2ccccn2)CC1)C(CO)Cc1ccc(Cl)cc1. The maximum atomic E-state index is 12.7. The van der Waals surface area contributed by atoms with Crippen LogP contribution in [0.15, 0.2) is 48.7 Å². The third kappa shape index (κ3) is 5.25. The van der Waals surface area contributed by atoms with Crippen LogP contribution >= 0.6 is 27.5 Å². The van der Waals surface area contributed by atoms with Gasteiger partial charge in [-0.3, -0.25) is 4.79 Å². The van der Waals surface area contributed by atoms with Gasteiger partial charge in [-0.1, -0.05) is 45.7 Å². The van der Waals surface area contributed by atoms with Gasteiger partial charge in [0.05, 0.1) is 18.0 Å². The zero-order valence-electron chi connectivity index (χ0n) is 15.7. The molecule has 0 aliphatic carbocycles. The Morgan fingerprint density at radius 2 is 1.96 bits per heavy atom. The second kappa shape index (κ2) is 10.2. The molecule has 0 saturated carbocycles. The Morgan fingerprint density at radius 1 is 1.25 bits per heavy atom. The second-order valence-electron chi connectivity index (χ2n) is 7.01. The number of anilines is 1. The van der Waals surface area contributed by atoms with Crippen LogP contribution in [0.3, 0.4) is 0 Å². The highest BCUT2D eigenvalue weighted by Gasteiger charge is 2.32. The summed E-state index contributed by atoms with van der Waals surface area (Å²) >= 11 is 9.29. The number of halogens is 2. The summed E-state index contributed by atoms with van der Waals surface area (Å²) in [5.41, 5.74) is 1.06. The summed E-state index contributed by atoms with van der Waals surface area (Å²) in [5, 5.41) is 11.0. The van der Waals surface area contributed by atoms with E-state index in [1.165, 1.54) is 0 Å². The summed E-state index contributed by atoms with van der Waals surface area (Å²) < 4.78 is 0. The van der Waals surface area contributed by atoms with Gasteiger partial charge >= 0.3 is 0 Å². The van der Waals surface area contributed by atoms with E-state index in [1.54, 1.807) is 6.20 Å². The fourth-order valence-electron chi connectivity index (χ4n) is 3.83. The zero-order chi connectivity index (χ0) is 19.9. The normalized spacial score (nSPS) is 16.0. The molecular weight excluding hydrogens is 442 g/mol. The number of benzene rings is 1. The summed E-state index contributed by atoms with van der Waals surface area (Å²) in [5.74, 6) is 0.989. The fraction of sp³-hybridized carbons (Fsp3) is 0.429. The van der Waals surface area contributed by atoms with E-state index in [0.29, 0.717) is 11.4 Å². The van der Waals surface area contributed by atoms with E-state index in [2.05, 4.69) is 25.8 Å². The zero-order valence-corrected chi connectivity index (χ0v) is 18.0. The Kier molecular flexibility index (Phi) is 7.71. The van der Waals surface area contributed by atoms with Crippen LogP contribution in [0.2, 0.25) is 5.02 Å². The first-order valence-electron chi connectivity index (χ1n) is 9.50. The Hall–Kier alpha value is -1.63. The maximum Gasteiger partial charge on any atom is 0.233 e. The van der Waals surface area contributed by atoms with Crippen LogP contribution in [0.5, 0.6) is 0 Å². The number of amides is 1. The molecule has 1 aromatic carbocycles. The summed E-state index contributed by atoms with van der Waals surface area (Å²) in [6.07, 6.45) is 4.11. The molecule has 1 amide bonds. The minimum atomic E-state index is -0.252. The number of alkyl halides is 1. The Bertz CT molecular complexity index is 752. The third-order valence-corrected chi connectivity index (χ3v) is 5.95. The highest BCUT2D eigenvalue weighted by Crippen LogP contribution is 2.24. The highest BCUT2D eigenvalue weighted by atomic mass is 79.9. The van der Waals surface area contributed by atoms with Crippen LogP contribution in [-0.4, -0.2) is 58.0 Å². The van der Waals surface area contributed by atoms with Crippen LogP contribution < -0.4 is 4.90 Å². The molecule has 1 fully saturated rings. The molecule has 5 nitrogen and oxygen atoms in total. The Morgan fingerprint density at radius 3 is 2.54 bits per heavy atom. The van der Waals surface area contributed by atoms with Gasteiger partial charge in [0.25, 0.3) is 0 Å². The van der Waals surface area contributed by atoms with Crippen molar-refractivity contribution >= 4 is 39.3 Å². The van der Waals surface area contributed by atoms with Crippen molar-refractivity contribution in [3.63, 3.8) is 0 Å². The van der Waals surface area contributed by atoms with Gasteiger partial charge in [0, 0.05) is 30.4 Å². The largest absolute Gasteiger partial charge is 0.394 e. The molecule has 0 spiro atoms. The van der Waals surface area contributed by atoms with Gasteiger partial charge in [-0.15, -0.1) is 0 Å². The van der Waals surface area contributed by atoms with E-state index >= 15 is 0 Å². The smallest absolute Gasteiger partial charge is 0.233 e. The van der Waals surface area contributed by atoms with E-state index in [4.69, 9.17) is 11.6 Å². The van der Waals surface area contributed by atoms with E-state index in [1.807, 2.05) is 47.4 Å². The number of rotatable bonds is 7. The molecule has 1 aromatic heterocycles. The van der Waals surface area contributed by atoms with Crippen molar-refractivity contribution in [2.75, 3.05) is 29.9 Å². The number of aliphatic hydroxyl groups excluding tert-OH is 1. The molecule has 0 bridgehead atoms. The van der Waals surface area contributed by atoms with Gasteiger partial charge in [-0.2, -0.15) is 0 Å². The first-order valence-corrected chi connectivity index (χ1v) is 11.0. The average Bonchev–Trinajstić information content (AvgIpc) is 2.75. The standard InChI is InChI=1S/C21H25BrClN3O2/c22-14-21(28)26(19(15-27)13-16-4-6-17(23)7-5-16)18-8-11-25(12-9-18)20-3-1-2-10-24-20/h1-7,10,18-19,27H,8-9,11-15H2. The Labute approximate surface area is 179 Å². The summed E-state index contributed by atoms with van der Waals surface area (Å²) in [6, 6.07) is 13.3. The summed E-state index contributed by atoms with van der Waals surface area (Å²) in [4.78, 5) is 21.3. The molecular formula is C21H25BrClN3O2. The topological polar surface area (TPSA) is 56.7 Å². The molecule has 1 N–H and O–H groups in total. The number of pyridine rings is 1. The van der Waals surface area contributed by atoms with E-state index in [9.17, 15) is 9.90 Å². The van der Waals surface area contributed by atoms with Crippen molar-refractivity contribution in [2.45, 2.75) is 31.3 Å². The molecule has 7 heteroatoms. The van der Waals surface area contributed by atoms with Crippen LogP contribution in [0.4, 0.5) is 5.82 Å². The number of carbonyl (C=O) groups is 1. The minimum Gasteiger partial charge on any atom is -0.394 e. The fourth-order valence-corrected chi connectivity index (χ4v) is 4.25. The molecule has 3 rings (SSSR count). The molecule has 2 heterocycles. The third-order valence-electron chi connectivity index (χ3n) is 5.22. The minimum absolute atomic E-state index is 0.0179. The van der Waals surface area contributed by atoms with Gasteiger partial charge < -0.3 is 14.9 Å². The number of piperidine rings is 1. The van der Waals surface area contributed by atoms with Crippen LogP contribution in [0.1, 0.15) is 18.4 Å². The lowest BCUT2D eigenvalue weighted by Gasteiger charge is -2.42. The molecule has 28 heavy (non-hydrogen) atoms. The van der Waals surface area contributed by atoms with Crippen molar-refractivity contribution in [1.82, 2.24) is 9.88 Å². The molecule has 1 saturated heterocycles. The monoisotopic (exact) mass is 465 g/mol. The number of hydrogen-bond acceptors (Lipinski definition) is 4. The van der Waals surface area contributed by atoms with Crippen molar-refractivity contribution in [3.8, 4) is 0 Å². The van der Waals surface area contributed by atoms with Crippen LogP contribution in [0.25, 0.3) is 0 Å². The first kappa shape index (κ1) is 21.1. The molecule has 1 aliphatic rings. The second-order valence-corrected chi connectivity index (χ2v) is 8.00. The summed E-state index contributed by atoms with van der Waals surface area (Å²) in [6.45, 7) is 1.61. The van der Waals surface area contributed by atoms with Crippen molar-refractivity contribution < 1.29 is 9.90 Å². The van der Waals surface area contributed by atoms with Gasteiger partial charge in [0.2, 0.25) is 5.91 Å². The molecule has 1 aliphatic heterocycles. The number of nitrogens with zero attached hydrogens (tertiary/aromatic N) is 3.